The Morgan fingerprint density at radius 3 is 2.10 bits per heavy atom. The van der Waals surface area contributed by atoms with Crippen molar-refractivity contribution in [3.05, 3.63) is 11.3 Å². The van der Waals surface area contributed by atoms with E-state index in [-0.39, 0.29) is 0 Å². The molecular weight excluding hydrogens is 130 g/mol. The predicted molar refractivity (Wildman–Crippen MR) is 39.7 cm³/mol. The first-order valence-electron chi connectivity index (χ1n) is 3.24. The lowest BCUT2D eigenvalue weighted by Crippen LogP contribution is -2.20. The van der Waals surface area contributed by atoms with Gasteiger partial charge in [0.25, 0.3) is 0 Å². The first-order chi connectivity index (χ1) is 4.59. The van der Waals surface area contributed by atoms with Gasteiger partial charge < -0.3 is 10.4 Å². The van der Waals surface area contributed by atoms with Crippen molar-refractivity contribution in [3.63, 3.8) is 0 Å². The van der Waals surface area contributed by atoms with Crippen molar-refractivity contribution in [2.45, 2.75) is 20.8 Å². The largest absolute Gasteiger partial charge is 0.477 e. The molecule has 0 bridgehead atoms. The predicted octanol–water partition coefficient (Wildman–Crippen LogP) is 0.974. The van der Waals surface area contributed by atoms with Gasteiger partial charge in [-0.3, -0.25) is 0 Å². The van der Waals surface area contributed by atoms with Gasteiger partial charge in [-0.2, -0.15) is 0 Å². The van der Waals surface area contributed by atoms with Crippen molar-refractivity contribution in [1.82, 2.24) is 5.32 Å². The fraction of sp³-hybridized carbons (Fsp3) is 0.571. The van der Waals surface area contributed by atoms with Crippen molar-refractivity contribution >= 4 is 5.97 Å². The average molecular weight is 143 g/mol. The van der Waals surface area contributed by atoms with Gasteiger partial charge in [-0.1, -0.05) is 0 Å². The van der Waals surface area contributed by atoms with Crippen LogP contribution in [0.15, 0.2) is 11.3 Å². The highest BCUT2D eigenvalue weighted by Gasteiger charge is 2.05. The lowest BCUT2D eigenvalue weighted by atomic mass is 10.2. The van der Waals surface area contributed by atoms with E-state index in [1.807, 2.05) is 6.92 Å². The minimum Gasteiger partial charge on any atom is -0.477 e. The van der Waals surface area contributed by atoms with E-state index in [4.69, 9.17) is 5.11 Å². The molecule has 0 atom stereocenters. The monoisotopic (exact) mass is 143 g/mol. The molecule has 58 valence electrons. The van der Waals surface area contributed by atoms with Gasteiger partial charge in [0.2, 0.25) is 0 Å². The zero-order chi connectivity index (χ0) is 8.15. The first-order valence-corrected chi connectivity index (χ1v) is 3.24. The standard InChI is InChI=1S/C7H13NO2/c1-4-8-6(5(2)3)7(9)10/h8H,4H2,1-3H3,(H,9,10). The molecule has 10 heavy (non-hydrogen) atoms. The number of aliphatic carboxylic acids is 1. The SMILES string of the molecule is CCNC(C(=O)O)=C(C)C. The molecule has 0 rings (SSSR count). The fourth-order valence-corrected chi connectivity index (χ4v) is 0.643. The Hall–Kier alpha value is -0.990. The molecule has 0 saturated carbocycles. The summed E-state index contributed by atoms with van der Waals surface area (Å²) in [6.07, 6.45) is 0. The van der Waals surface area contributed by atoms with Crippen LogP contribution in [0.1, 0.15) is 20.8 Å². The molecule has 0 aromatic rings. The summed E-state index contributed by atoms with van der Waals surface area (Å²) in [6.45, 7) is 6.05. The molecule has 0 spiro atoms. The van der Waals surface area contributed by atoms with E-state index in [1.54, 1.807) is 13.8 Å². The molecule has 0 unspecified atom stereocenters. The van der Waals surface area contributed by atoms with Gasteiger partial charge in [0.15, 0.2) is 0 Å². The third kappa shape index (κ3) is 2.53. The van der Waals surface area contributed by atoms with Gasteiger partial charge in [0.1, 0.15) is 5.70 Å². The van der Waals surface area contributed by atoms with Crippen molar-refractivity contribution in [2.24, 2.45) is 0 Å². The molecule has 0 aromatic carbocycles. The minimum absolute atomic E-state index is 0.308. The van der Waals surface area contributed by atoms with Crippen LogP contribution in [0.2, 0.25) is 0 Å². The topological polar surface area (TPSA) is 49.3 Å². The Labute approximate surface area is 60.7 Å². The van der Waals surface area contributed by atoms with Crippen LogP contribution in [0.3, 0.4) is 0 Å². The van der Waals surface area contributed by atoms with Crippen molar-refractivity contribution in [1.29, 1.82) is 0 Å². The number of nitrogens with one attached hydrogen (secondary N) is 1. The molecular formula is C7H13NO2. The van der Waals surface area contributed by atoms with Crippen LogP contribution >= 0.6 is 0 Å². The third-order valence-electron chi connectivity index (χ3n) is 1.07. The molecule has 3 nitrogen and oxygen atoms in total. The Morgan fingerprint density at radius 1 is 1.50 bits per heavy atom. The maximum Gasteiger partial charge on any atom is 0.351 e. The summed E-state index contributed by atoms with van der Waals surface area (Å²) >= 11 is 0. The summed E-state index contributed by atoms with van der Waals surface area (Å²) < 4.78 is 0. The highest BCUT2D eigenvalue weighted by atomic mass is 16.4. The Bertz CT molecular complexity index is 157. The van der Waals surface area contributed by atoms with Crippen molar-refractivity contribution in [3.8, 4) is 0 Å². The van der Waals surface area contributed by atoms with Crippen LogP contribution in [0.5, 0.6) is 0 Å². The fourth-order valence-electron chi connectivity index (χ4n) is 0.643. The summed E-state index contributed by atoms with van der Waals surface area (Å²) in [5, 5.41) is 11.3. The lowest BCUT2D eigenvalue weighted by Gasteiger charge is -2.04. The van der Waals surface area contributed by atoms with E-state index in [2.05, 4.69) is 5.32 Å². The summed E-state index contributed by atoms with van der Waals surface area (Å²) in [5.41, 5.74) is 1.11. The second-order valence-corrected chi connectivity index (χ2v) is 2.21. The maximum atomic E-state index is 10.4. The van der Waals surface area contributed by atoms with Crippen LogP contribution in [-0.2, 0) is 4.79 Å². The summed E-state index contributed by atoms with van der Waals surface area (Å²) in [4.78, 5) is 10.4. The number of likely N-dealkylation sites (N-methyl/N-ethyl adjacent to an activating group) is 1. The van der Waals surface area contributed by atoms with Crippen LogP contribution < -0.4 is 5.32 Å². The highest BCUT2D eigenvalue weighted by molar-refractivity contribution is 5.86. The van der Waals surface area contributed by atoms with E-state index in [1.165, 1.54) is 0 Å². The number of rotatable bonds is 3. The van der Waals surface area contributed by atoms with Crippen molar-refractivity contribution in [2.75, 3.05) is 6.54 Å². The van der Waals surface area contributed by atoms with Crippen molar-refractivity contribution < 1.29 is 9.90 Å². The van der Waals surface area contributed by atoms with Crippen LogP contribution in [0, 0.1) is 0 Å². The molecule has 0 aliphatic heterocycles. The lowest BCUT2D eigenvalue weighted by molar-refractivity contribution is -0.133. The summed E-state index contributed by atoms with van der Waals surface area (Å²) in [7, 11) is 0. The van der Waals surface area contributed by atoms with Crippen LogP contribution in [-0.4, -0.2) is 17.6 Å². The Kier molecular flexibility index (Phi) is 3.54. The molecule has 0 saturated heterocycles. The number of hydrogen-bond donors (Lipinski definition) is 2. The zero-order valence-electron chi connectivity index (χ0n) is 6.56. The van der Waals surface area contributed by atoms with E-state index in [9.17, 15) is 4.79 Å². The van der Waals surface area contributed by atoms with Gasteiger partial charge in [0, 0.05) is 6.54 Å². The molecule has 0 amide bonds. The highest BCUT2D eigenvalue weighted by Crippen LogP contribution is 1.97. The summed E-state index contributed by atoms with van der Waals surface area (Å²) in [5.74, 6) is -0.887. The number of carboxylic acid groups (broad SMARTS) is 1. The van der Waals surface area contributed by atoms with Gasteiger partial charge >= 0.3 is 5.97 Å². The van der Waals surface area contributed by atoms with E-state index >= 15 is 0 Å². The molecule has 0 fully saturated rings. The second kappa shape index (κ2) is 3.93. The number of carbonyl (C=O) groups is 1. The number of carboxylic acids is 1. The van der Waals surface area contributed by atoms with Crippen LogP contribution in [0.4, 0.5) is 0 Å². The van der Waals surface area contributed by atoms with E-state index in [0.29, 0.717) is 12.2 Å². The molecule has 2 N–H and O–H groups in total. The number of allylic oxidation sites excluding steroid dienone is 1. The molecule has 0 heterocycles. The van der Waals surface area contributed by atoms with Crippen LogP contribution in [0.25, 0.3) is 0 Å². The van der Waals surface area contributed by atoms with Gasteiger partial charge in [0.05, 0.1) is 0 Å². The third-order valence-corrected chi connectivity index (χ3v) is 1.07. The van der Waals surface area contributed by atoms with Gasteiger partial charge in [-0.15, -0.1) is 0 Å². The Morgan fingerprint density at radius 2 is 2.00 bits per heavy atom. The molecule has 0 radical (unpaired) electrons. The molecule has 0 aliphatic carbocycles. The van der Waals surface area contributed by atoms with Gasteiger partial charge in [-0.25, -0.2) is 4.79 Å². The average Bonchev–Trinajstić information content (AvgIpc) is 1.81. The normalized spacial score (nSPS) is 8.70. The summed E-state index contributed by atoms with van der Waals surface area (Å²) in [6, 6.07) is 0. The minimum atomic E-state index is -0.887. The van der Waals surface area contributed by atoms with E-state index in [0.717, 1.165) is 5.57 Å². The Balaban J connectivity index is 4.28. The molecule has 0 aliphatic rings. The van der Waals surface area contributed by atoms with E-state index < -0.39 is 5.97 Å². The first kappa shape index (κ1) is 9.01. The zero-order valence-corrected chi connectivity index (χ0v) is 6.56. The quantitative estimate of drug-likeness (QED) is 0.579. The molecule has 3 heteroatoms. The smallest absolute Gasteiger partial charge is 0.351 e. The molecule has 0 aromatic heterocycles. The second-order valence-electron chi connectivity index (χ2n) is 2.21. The number of hydrogen-bond acceptors (Lipinski definition) is 2. The van der Waals surface area contributed by atoms with Gasteiger partial charge in [-0.05, 0) is 26.3 Å². The maximum absolute atomic E-state index is 10.4.